The van der Waals surface area contributed by atoms with Crippen LogP contribution in [0.5, 0.6) is 0 Å². The Kier molecular flexibility index (Phi) is 2.38. The number of nitrogens with one attached hydrogen (secondary N) is 1. The molecule has 1 rings (SSSR count). The topological polar surface area (TPSA) is 63.8 Å². The maximum Gasteiger partial charge on any atom is 0.132 e. The first-order chi connectivity index (χ1) is 6.03. The lowest BCUT2D eigenvalue weighted by atomic mass is 10.1. The zero-order valence-electron chi connectivity index (χ0n) is 7.70. The number of nitrogens with zero attached hydrogens (tertiary/aromatic N) is 2. The second-order valence-electron chi connectivity index (χ2n) is 3.22. The molecular formula is C9H12N4. The van der Waals surface area contributed by atoms with E-state index >= 15 is 0 Å². The summed E-state index contributed by atoms with van der Waals surface area (Å²) in [5, 5.41) is 3.04. The lowest BCUT2D eigenvalue weighted by molar-refractivity contribution is 0.735. The maximum absolute atomic E-state index is 5.48. The van der Waals surface area contributed by atoms with E-state index in [9.17, 15) is 0 Å². The number of nitrogens with two attached hydrogens (primary N) is 1. The minimum atomic E-state index is -0.430. The monoisotopic (exact) mass is 176 g/mol. The maximum atomic E-state index is 5.48. The quantitative estimate of drug-likeness (QED) is 0.657. The number of rotatable bonds is 2. The van der Waals surface area contributed by atoms with Gasteiger partial charge in [0.1, 0.15) is 18.0 Å². The third kappa shape index (κ3) is 2.64. The summed E-state index contributed by atoms with van der Waals surface area (Å²) >= 11 is 0. The van der Waals surface area contributed by atoms with Crippen molar-refractivity contribution in [3.8, 4) is 12.3 Å². The van der Waals surface area contributed by atoms with Crippen molar-refractivity contribution in [3.05, 3.63) is 12.4 Å². The Morgan fingerprint density at radius 3 is 2.77 bits per heavy atom. The van der Waals surface area contributed by atoms with Gasteiger partial charge in [-0.25, -0.2) is 9.97 Å². The lowest BCUT2D eigenvalue weighted by Crippen LogP contribution is -2.28. The molecule has 68 valence electrons. The number of terminal acetylenes is 1. The largest absolute Gasteiger partial charge is 0.384 e. The first-order valence-corrected chi connectivity index (χ1v) is 3.87. The second-order valence-corrected chi connectivity index (χ2v) is 3.22. The zero-order chi connectivity index (χ0) is 9.90. The third-order valence-electron chi connectivity index (χ3n) is 1.49. The predicted octanol–water partition coefficient (Wildman–Crippen LogP) is 0.883. The van der Waals surface area contributed by atoms with Crippen molar-refractivity contribution in [2.75, 3.05) is 11.1 Å². The fraction of sp³-hybridized carbons (Fsp3) is 0.333. The van der Waals surface area contributed by atoms with Gasteiger partial charge in [-0.2, -0.15) is 0 Å². The third-order valence-corrected chi connectivity index (χ3v) is 1.49. The van der Waals surface area contributed by atoms with Gasteiger partial charge in [-0.05, 0) is 13.8 Å². The highest BCUT2D eigenvalue weighted by Crippen LogP contribution is 2.12. The summed E-state index contributed by atoms with van der Waals surface area (Å²) in [6.45, 7) is 3.76. The van der Waals surface area contributed by atoms with Gasteiger partial charge in [-0.1, -0.05) is 5.92 Å². The van der Waals surface area contributed by atoms with Crippen molar-refractivity contribution in [2.24, 2.45) is 0 Å². The second kappa shape index (κ2) is 3.31. The van der Waals surface area contributed by atoms with Crippen molar-refractivity contribution in [3.63, 3.8) is 0 Å². The van der Waals surface area contributed by atoms with E-state index in [1.165, 1.54) is 6.33 Å². The van der Waals surface area contributed by atoms with Crippen LogP contribution in [0.2, 0.25) is 0 Å². The molecule has 1 heterocycles. The molecule has 0 unspecified atom stereocenters. The molecule has 4 nitrogen and oxygen atoms in total. The molecule has 1 aromatic rings. The van der Waals surface area contributed by atoms with Crippen LogP contribution >= 0.6 is 0 Å². The first kappa shape index (κ1) is 9.33. The number of nitrogen functional groups attached to an aromatic ring is 1. The highest BCUT2D eigenvalue weighted by atomic mass is 15.1. The summed E-state index contributed by atoms with van der Waals surface area (Å²) in [6.07, 6.45) is 6.70. The summed E-state index contributed by atoms with van der Waals surface area (Å²) < 4.78 is 0. The molecule has 0 fully saturated rings. The van der Waals surface area contributed by atoms with E-state index in [-0.39, 0.29) is 0 Å². The van der Waals surface area contributed by atoms with E-state index in [0.717, 1.165) is 0 Å². The van der Waals surface area contributed by atoms with Gasteiger partial charge < -0.3 is 11.1 Å². The molecule has 3 N–H and O–H groups in total. The van der Waals surface area contributed by atoms with Crippen molar-refractivity contribution in [1.82, 2.24) is 9.97 Å². The molecule has 1 aromatic heterocycles. The summed E-state index contributed by atoms with van der Waals surface area (Å²) in [4.78, 5) is 7.75. The van der Waals surface area contributed by atoms with Crippen LogP contribution in [0.1, 0.15) is 13.8 Å². The Balaban J connectivity index is 2.82. The van der Waals surface area contributed by atoms with E-state index in [2.05, 4.69) is 21.2 Å². The van der Waals surface area contributed by atoms with Crippen LogP contribution in [-0.2, 0) is 0 Å². The summed E-state index contributed by atoms with van der Waals surface area (Å²) in [7, 11) is 0. The fourth-order valence-electron chi connectivity index (χ4n) is 0.797. The molecular weight excluding hydrogens is 164 g/mol. The van der Waals surface area contributed by atoms with Gasteiger partial charge in [0, 0.05) is 6.07 Å². The van der Waals surface area contributed by atoms with Crippen molar-refractivity contribution in [1.29, 1.82) is 0 Å². The van der Waals surface area contributed by atoms with E-state index < -0.39 is 5.54 Å². The van der Waals surface area contributed by atoms with E-state index in [0.29, 0.717) is 11.6 Å². The minimum Gasteiger partial charge on any atom is -0.384 e. The Labute approximate surface area is 77.6 Å². The molecule has 0 aromatic carbocycles. The average Bonchev–Trinajstić information content (AvgIpc) is 2.03. The van der Waals surface area contributed by atoms with E-state index in [1.807, 2.05) is 13.8 Å². The van der Waals surface area contributed by atoms with Crippen LogP contribution < -0.4 is 11.1 Å². The van der Waals surface area contributed by atoms with Crippen LogP contribution in [-0.4, -0.2) is 15.5 Å². The molecule has 0 aliphatic heterocycles. The Morgan fingerprint density at radius 1 is 1.54 bits per heavy atom. The smallest absolute Gasteiger partial charge is 0.132 e. The van der Waals surface area contributed by atoms with Crippen LogP contribution in [0.3, 0.4) is 0 Å². The molecule has 0 bridgehead atoms. The van der Waals surface area contributed by atoms with Gasteiger partial charge in [0.25, 0.3) is 0 Å². The van der Waals surface area contributed by atoms with Crippen molar-refractivity contribution in [2.45, 2.75) is 19.4 Å². The number of aromatic nitrogens is 2. The first-order valence-electron chi connectivity index (χ1n) is 3.87. The normalized spacial score (nSPS) is 10.5. The summed E-state index contributed by atoms with van der Waals surface area (Å²) in [6, 6.07) is 1.64. The molecule has 0 spiro atoms. The zero-order valence-corrected chi connectivity index (χ0v) is 7.70. The van der Waals surface area contributed by atoms with Crippen LogP contribution in [0.15, 0.2) is 12.4 Å². The fourth-order valence-corrected chi connectivity index (χ4v) is 0.797. The van der Waals surface area contributed by atoms with E-state index in [4.69, 9.17) is 12.2 Å². The SMILES string of the molecule is C#CC(C)(C)Nc1cc(N)ncn1. The van der Waals surface area contributed by atoms with Gasteiger partial charge in [0.2, 0.25) is 0 Å². The molecule has 0 aliphatic carbocycles. The standard InChI is InChI=1S/C9H12N4/c1-4-9(2,3)13-8-5-7(10)11-6-12-8/h1,5-6H,2-3H3,(H3,10,11,12,13). The van der Waals surface area contributed by atoms with Crippen LogP contribution in [0, 0.1) is 12.3 Å². The van der Waals surface area contributed by atoms with Crippen LogP contribution in [0.25, 0.3) is 0 Å². The molecule has 0 saturated heterocycles. The van der Waals surface area contributed by atoms with Crippen molar-refractivity contribution >= 4 is 11.6 Å². The van der Waals surface area contributed by atoms with E-state index in [1.54, 1.807) is 6.07 Å². The minimum absolute atomic E-state index is 0.422. The Morgan fingerprint density at radius 2 is 2.23 bits per heavy atom. The molecule has 0 radical (unpaired) electrons. The highest BCUT2D eigenvalue weighted by Gasteiger charge is 2.13. The van der Waals surface area contributed by atoms with Gasteiger partial charge in [0.05, 0.1) is 5.54 Å². The Hall–Kier alpha value is -1.76. The predicted molar refractivity (Wildman–Crippen MR) is 53.0 cm³/mol. The number of hydrogen-bond donors (Lipinski definition) is 2. The van der Waals surface area contributed by atoms with Gasteiger partial charge >= 0.3 is 0 Å². The molecule has 0 amide bonds. The van der Waals surface area contributed by atoms with Crippen molar-refractivity contribution < 1.29 is 0 Å². The summed E-state index contributed by atoms with van der Waals surface area (Å²) in [5.41, 5.74) is 5.05. The molecule has 4 heteroatoms. The summed E-state index contributed by atoms with van der Waals surface area (Å²) in [5.74, 6) is 3.65. The Bertz CT molecular complexity index is 338. The molecule has 0 atom stereocenters. The highest BCUT2D eigenvalue weighted by molar-refractivity contribution is 5.46. The van der Waals surface area contributed by atoms with Crippen LogP contribution in [0.4, 0.5) is 11.6 Å². The number of anilines is 2. The van der Waals surface area contributed by atoms with Gasteiger partial charge in [-0.3, -0.25) is 0 Å². The lowest BCUT2D eigenvalue weighted by Gasteiger charge is -2.19. The molecule has 0 aliphatic rings. The molecule has 0 saturated carbocycles. The molecule has 13 heavy (non-hydrogen) atoms. The van der Waals surface area contributed by atoms with Gasteiger partial charge in [-0.15, -0.1) is 6.42 Å². The average molecular weight is 176 g/mol. The number of hydrogen-bond acceptors (Lipinski definition) is 4. The van der Waals surface area contributed by atoms with Gasteiger partial charge in [0.15, 0.2) is 0 Å².